The van der Waals surface area contributed by atoms with Gasteiger partial charge in [0.1, 0.15) is 62.8 Å². The number of aliphatic hydroxyl groups is 1. The molecule has 0 spiro atoms. The highest BCUT2D eigenvalue weighted by Crippen LogP contribution is 2.50. The summed E-state index contributed by atoms with van der Waals surface area (Å²) in [6, 6.07) is 82.6. The van der Waals surface area contributed by atoms with E-state index >= 15 is 0 Å². The Morgan fingerprint density at radius 2 is 0.685 bits per heavy atom. The Balaban J connectivity index is 0.000000111. The number of nitrogens with zero attached hydrogens (tertiary/aromatic N) is 22. The lowest BCUT2D eigenvalue weighted by molar-refractivity contribution is 0.0857. The molecule has 6 aromatic heterocycles. The second kappa shape index (κ2) is 38.9. The van der Waals surface area contributed by atoms with Gasteiger partial charge < -0.3 is 36.2 Å². The summed E-state index contributed by atoms with van der Waals surface area (Å²) in [4.78, 5) is 98.6. The number of rotatable bonds is 21. The first kappa shape index (κ1) is 93.7. The van der Waals surface area contributed by atoms with Gasteiger partial charge in [-0.1, -0.05) is 197 Å². The Hall–Kier alpha value is -17.3. The van der Waals surface area contributed by atoms with Gasteiger partial charge in [0.15, 0.2) is 23.3 Å². The molecular weight excluding hydrogens is 1830 g/mol. The van der Waals surface area contributed by atoms with Crippen LogP contribution in [-0.4, -0.2) is 210 Å². The lowest BCUT2D eigenvalue weighted by Gasteiger charge is -2.34. The predicted molar refractivity (Wildman–Crippen MR) is 571 cm³/mol. The number of carbonyl (C=O) groups is 4. The molecule has 33 nitrogen and oxygen atoms in total. The topological polar surface area (TPSA) is 339 Å². The molecule has 4 saturated carbocycles. The second-order valence-electron chi connectivity index (χ2n) is 38.6. The molecule has 4 amide bonds. The maximum atomic E-state index is 13.7. The highest BCUT2D eigenvalue weighted by molar-refractivity contribution is 6.24. The SMILES string of the molecule is C.C=C(O)c1ccc(Cn2nc3c(c2Nc2ccccc2)C(=O)N(C)C2=N[C@@H]4CCC[C@@H]4N23)cc1.C=C(OC)c1ccc(Cn2nc3c(c2Nc2ccccc2)C(=O)N(C)C2=N[C@@H]4CCC[C@@H]4N23)cc1.CN1C(=O)c2c(nn(Cc3ccc(-c4ccccn4)cc3)c2Nc2ccccc2)N2C1=N[C@@H]1CCC[C@@H]12.Cc1cccc(-c2ccc(Cn3nc4c(c3Nc3ccccc3O)C(=O)N(C)C3=N[C@@H]5CCC[C@@H]5N34)cc2)n1. The summed E-state index contributed by atoms with van der Waals surface area (Å²) in [6.07, 6.45) is 14.7. The van der Waals surface area contributed by atoms with Gasteiger partial charge in [-0.05, 0) is 179 Å². The van der Waals surface area contributed by atoms with Crippen molar-refractivity contribution in [3.8, 4) is 28.3 Å². The number of amides is 4. The molecule has 26 rings (SSSR count). The minimum atomic E-state index is -0.162. The number of fused-ring (bicyclic) bond motifs is 20. The van der Waals surface area contributed by atoms with Crippen LogP contribution in [0.25, 0.3) is 34.0 Å². The van der Waals surface area contributed by atoms with Crippen LogP contribution in [0.15, 0.2) is 288 Å². The number of aliphatic imine (C=N–C) groups is 4. The van der Waals surface area contributed by atoms with Crippen molar-refractivity contribution in [1.82, 2.24) is 68.7 Å². The van der Waals surface area contributed by atoms with Crippen molar-refractivity contribution < 1.29 is 34.1 Å². The lowest BCUT2D eigenvalue weighted by atomic mass is 10.1. The summed E-state index contributed by atoms with van der Waals surface area (Å²) in [5.74, 6) is 8.45. The average molecular weight is 1950 g/mol. The van der Waals surface area contributed by atoms with Gasteiger partial charge in [0.2, 0.25) is 23.8 Å². The van der Waals surface area contributed by atoms with Crippen LogP contribution < -0.4 is 40.9 Å². The number of hydrogen-bond acceptors (Lipinski definition) is 25. The Morgan fingerprint density at radius 3 is 1.01 bits per heavy atom. The van der Waals surface area contributed by atoms with E-state index in [2.05, 4.69) is 113 Å². The largest absolute Gasteiger partial charge is 0.508 e. The van der Waals surface area contributed by atoms with Crippen LogP contribution in [0.3, 0.4) is 0 Å². The number of aromatic hydroxyl groups is 1. The number of aromatic nitrogens is 10. The number of phenolic OH excluding ortho intramolecular Hbond substituents is 1. The summed E-state index contributed by atoms with van der Waals surface area (Å²) in [7, 11) is 8.81. The lowest BCUT2D eigenvalue weighted by Crippen LogP contribution is -2.51. The van der Waals surface area contributed by atoms with E-state index in [-0.39, 0.29) is 90.9 Å². The Morgan fingerprint density at radius 1 is 0.370 bits per heavy atom. The summed E-state index contributed by atoms with van der Waals surface area (Å²) in [6.45, 7) is 11.4. The van der Waals surface area contributed by atoms with Gasteiger partial charge in [-0.3, -0.25) is 68.3 Å². The van der Waals surface area contributed by atoms with Crippen molar-refractivity contribution in [1.29, 1.82) is 0 Å². The summed E-state index contributed by atoms with van der Waals surface area (Å²) < 4.78 is 12.8. The van der Waals surface area contributed by atoms with E-state index in [1.54, 1.807) is 65.2 Å². The normalized spacial score (nSPS) is 19.9. The van der Waals surface area contributed by atoms with Crippen LogP contribution in [0, 0.1) is 6.92 Å². The molecule has 0 bridgehead atoms. The molecule has 0 unspecified atom stereocenters. The van der Waals surface area contributed by atoms with Crippen molar-refractivity contribution in [3.05, 3.63) is 329 Å². The molecule has 12 aliphatic rings. The first-order valence-corrected chi connectivity index (χ1v) is 49.6. The number of benzene rings is 8. The number of hydrogen-bond donors (Lipinski definition) is 6. The van der Waals surface area contributed by atoms with E-state index in [1.807, 2.05) is 222 Å². The third-order valence-electron chi connectivity index (χ3n) is 29.5. The molecule has 0 radical (unpaired) electrons. The van der Waals surface area contributed by atoms with Crippen LogP contribution in [0.5, 0.6) is 5.75 Å². The number of pyridine rings is 2. The fourth-order valence-corrected chi connectivity index (χ4v) is 22.1. The molecule has 0 saturated heterocycles. The number of nitrogens with one attached hydrogen (secondary N) is 4. The third-order valence-corrected chi connectivity index (χ3v) is 29.5. The van der Waals surface area contributed by atoms with Crippen molar-refractivity contribution in [3.63, 3.8) is 0 Å². The summed E-state index contributed by atoms with van der Waals surface area (Å²) in [5.41, 5.74) is 16.2. The van der Waals surface area contributed by atoms with Gasteiger partial charge in [-0.15, -0.1) is 0 Å². The second-order valence-corrected chi connectivity index (χ2v) is 38.6. The van der Waals surface area contributed by atoms with Crippen LogP contribution in [0.2, 0.25) is 0 Å². The molecule has 4 fully saturated rings. The average Bonchev–Trinajstić information content (AvgIpc) is 1.57. The zero-order valence-corrected chi connectivity index (χ0v) is 81.4. The smallest absolute Gasteiger partial charge is 0.267 e. The first-order chi connectivity index (χ1) is 70.7. The number of aliphatic hydroxyl groups excluding tert-OH is 1. The molecule has 8 aliphatic heterocycles. The zero-order chi connectivity index (χ0) is 99.1. The molecule has 14 heterocycles. The minimum absolute atomic E-state index is 0. The fraction of sp³-hybridized carbons (Fsp3) is 0.274. The van der Waals surface area contributed by atoms with Crippen LogP contribution in [0.1, 0.15) is 165 Å². The standard InChI is InChI=1S/C30H29N7O2.C29H27N7O.C27H28N6O2.C26H26N6O2.CH4/c1-18-7-5-9-21(31-18)20-15-13-19(14-16-20)17-36-27(32-23-8-3-4-12-25(23)38)26-28(34-36)37-24-11-6-10-22(24)33-30(37)35(2)29(26)39;1-34-28(37)25-26(31-21-8-3-2-4-9-21)35(33-27(25)36-24-12-7-11-23(24)32-29(34)36)18-19-13-15-20(16-14-19)22-10-5-6-17-30-22;1-17(35-3)19-14-12-18(13-15-19)16-32-24(28-20-8-5-4-6-9-20)23-25(30-32)33-22-11-7-10-21(22)29-27(33)31(2)26(23)34;1-16(33)18-13-11-17(12-14-18)15-31-23(27-19-7-4-3-5-8-19)22-24(29-31)32-21-10-6-9-20(21)28-26(32)30(2)25(22)34;/h3-5,7-9,12-16,22,24,32,38H,6,10-11,17H2,1-2H3;2-6,8-10,13-17,23-24,31H,7,11-12,18H2,1H3;4-6,8-9,12-15,21-22,28H,1,7,10-11,16H2,2-3H3;3-5,7-8,11-14,20-21,27,33H,1,6,9-10,15H2,2H3;1H4/t22-,24+;23-,24+;21-,22+;20-,21+;/m1111./s1. The van der Waals surface area contributed by atoms with E-state index < -0.39 is 0 Å². The number of carbonyl (C=O) groups excluding carboxylic acids is 4. The molecule has 6 N–H and O–H groups in total. The van der Waals surface area contributed by atoms with Gasteiger partial charge in [0, 0.05) is 79.4 Å². The minimum Gasteiger partial charge on any atom is -0.508 e. The molecule has 146 heavy (non-hydrogen) atoms. The quantitative estimate of drug-likeness (QED) is 0.0287. The summed E-state index contributed by atoms with van der Waals surface area (Å²) in [5, 5.41) is 54.0. The van der Waals surface area contributed by atoms with E-state index in [9.17, 15) is 29.4 Å². The van der Waals surface area contributed by atoms with Crippen molar-refractivity contribution in [2.24, 2.45) is 20.0 Å². The number of aryl methyl sites for hydroxylation is 1. The first-order valence-electron chi connectivity index (χ1n) is 49.6. The van der Waals surface area contributed by atoms with Gasteiger partial charge >= 0.3 is 0 Å². The highest BCUT2D eigenvalue weighted by Gasteiger charge is 2.55. The van der Waals surface area contributed by atoms with Gasteiger partial charge in [0.05, 0.1) is 98.7 Å². The Kier molecular flexibility index (Phi) is 24.9. The number of anilines is 12. The maximum Gasteiger partial charge on any atom is 0.267 e. The number of methoxy groups -OCH3 is 1. The number of para-hydroxylation sites is 5. The van der Waals surface area contributed by atoms with E-state index in [1.165, 1.54) is 0 Å². The van der Waals surface area contributed by atoms with Crippen LogP contribution in [0.4, 0.5) is 69.3 Å². The van der Waals surface area contributed by atoms with Crippen LogP contribution >= 0.6 is 0 Å². The molecule has 4 aliphatic carbocycles. The van der Waals surface area contributed by atoms with Crippen molar-refractivity contribution >= 4 is 128 Å². The maximum absolute atomic E-state index is 13.7. The third kappa shape index (κ3) is 17.2. The Bertz CT molecular complexity index is 7530. The number of ether oxygens (including phenoxy) is 1. The molecule has 14 aromatic rings. The molecule has 8 aromatic carbocycles. The van der Waals surface area contributed by atoms with Gasteiger partial charge in [-0.2, -0.15) is 20.4 Å². The summed E-state index contributed by atoms with van der Waals surface area (Å²) >= 11 is 0. The zero-order valence-electron chi connectivity index (χ0n) is 81.4. The number of guanidine groups is 4. The molecule has 33 heteroatoms. The Labute approximate surface area is 846 Å². The van der Waals surface area contributed by atoms with Crippen LogP contribution in [-0.2, 0) is 30.9 Å². The predicted octanol–water partition coefficient (Wildman–Crippen LogP) is 19.4. The van der Waals surface area contributed by atoms with Gasteiger partial charge in [0.25, 0.3) is 23.6 Å². The van der Waals surface area contributed by atoms with Gasteiger partial charge in [-0.25, -0.2) is 38.7 Å². The van der Waals surface area contributed by atoms with Crippen molar-refractivity contribution in [2.75, 3.05) is 76.2 Å². The molecule has 738 valence electrons. The van der Waals surface area contributed by atoms with E-state index in [4.69, 9.17) is 45.1 Å². The fourth-order valence-electron chi connectivity index (χ4n) is 22.1. The molecular formula is C113H114N26O7. The van der Waals surface area contributed by atoms with E-state index in [0.29, 0.717) is 124 Å². The number of phenols is 1. The highest BCUT2D eigenvalue weighted by atomic mass is 16.5. The monoisotopic (exact) mass is 1950 g/mol. The molecule has 8 atom stereocenters. The van der Waals surface area contributed by atoms with Crippen molar-refractivity contribution in [2.45, 2.75) is 166 Å². The van der Waals surface area contributed by atoms with E-state index in [0.717, 1.165) is 162 Å².